The zero-order chi connectivity index (χ0) is 66.2. The summed E-state index contributed by atoms with van der Waals surface area (Å²) in [5.74, 6) is 0. The first-order chi connectivity index (χ1) is 46.9. The Kier molecular flexibility index (Phi) is 15.0. The summed E-state index contributed by atoms with van der Waals surface area (Å²) in [6.07, 6.45) is 0. The Bertz CT molecular complexity index is 4540. The van der Waals surface area contributed by atoms with Crippen LogP contribution in [0.3, 0.4) is 0 Å². The summed E-state index contributed by atoms with van der Waals surface area (Å²) in [6.45, 7) is 4.67. The summed E-state index contributed by atoms with van der Waals surface area (Å²) in [5.41, 5.74) is 19.3. The van der Waals surface area contributed by atoms with E-state index in [0.29, 0.717) is 44.5 Å². The lowest BCUT2D eigenvalue weighted by Gasteiger charge is -2.46. The zero-order valence-electron chi connectivity index (χ0n) is 51.8. The van der Waals surface area contributed by atoms with Crippen molar-refractivity contribution in [3.05, 3.63) is 334 Å². The molecule has 446 valence electrons. The van der Waals surface area contributed by atoms with Gasteiger partial charge < -0.3 is 19.6 Å². The molecule has 0 heterocycles. The highest BCUT2D eigenvalue weighted by molar-refractivity contribution is 5.95. The minimum Gasteiger partial charge on any atom is -0.310 e. The molecule has 0 aliphatic heterocycles. The third-order valence-corrected chi connectivity index (χ3v) is 18.8. The molecule has 14 rings (SSSR count). The van der Waals surface area contributed by atoms with Gasteiger partial charge in [-0.1, -0.05) is 38.1 Å². The van der Waals surface area contributed by atoms with Crippen molar-refractivity contribution in [3.63, 3.8) is 0 Å². The average molecular weight is 1230 g/mol. The summed E-state index contributed by atoms with van der Waals surface area (Å²) in [7, 11) is 0. The Labute approximate surface area is 556 Å². The van der Waals surface area contributed by atoms with E-state index in [1.807, 2.05) is 97.1 Å². The van der Waals surface area contributed by atoms with E-state index in [1.165, 1.54) is 0 Å². The number of hydrogen-bond acceptors (Lipinski definition) is 12. The highest BCUT2D eigenvalue weighted by Crippen LogP contribution is 2.67. The Balaban J connectivity index is 1.08. The molecular weight excluding hydrogens is 1180 g/mol. The predicted molar refractivity (Wildman–Crippen MR) is 373 cm³/mol. The minimum atomic E-state index is -1.05. The monoisotopic (exact) mass is 1230 g/mol. The fraction of sp³-hybridized carbons (Fsp3) is 0.0476. The summed E-state index contributed by atoms with van der Waals surface area (Å²) >= 11 is 0. The quantitative estimate of drug-likeness (QED) is 0.106. The van der Waals surface area contributed by atoms with Crippen LogP contribution in [0.25, 0.3) is 22.3 Å². The van der Waals surface area contributed by atoms with E-state index in [4.69, 9.17) is 0 Å². The van der Waals surface area contributed by atoms with E-state index in [1.54, 1.807) is 97.1 Å². The fourth-order valence-electron chi connectivity index (χ4n) is 13.9. The zero-order valence-corrected chi connectivity index (χ0v) is 51.8. The minimum absolute atomic E-state index is 0.501. The van der Waals surface area contributed by atoms with Gasteiger partial charge in [-0.2, -0.15) is 42.1 Å². The summed E-state index contributed by atoms with van der Waals surface area (Å²) < 4.78 is 0. The summed E-state index contributed by atoms with van der Waals surface area (Å²) in [5, 5.41) is 80.3. The van der Waals surface area contributed by atoms with Gasteiger partial charge in [0.05, 0.1) is 93.1 Å². The van der Waals surface area contributed by atoms with E-state index >= 15 is 0 Å². The summed E-state index contributed by atoms with van der Waals surface area (Å²) in [4.78, 5) is 8.57. The molecule has 0 unspecified atom stereocenters. The Morgan fingerprint density at radius 3 is 0.438 bits per heavy atom. The van der Waals surface area contributed by atoms with Crippen molar-refractivity contribution in [2.24, 2.45) is 0 Å². The van der Waals surface area contributed by atoms with E-state index in [-0.39, 0.29) is 0 Å². The number of nitrogens with zero attached hydrogens (tertiary/aromatic N) is 12. The van der Waals surface area contributed by atoms with Gasteiger partial charge in [-0.15, -0.1) is 0 Å². The molecule has 0 spiro atoms. The molecule has 0 saturated carbocycles. The standard InChI is InChI=1S/C84H50N12/c1-83(79-43-71(93(63-19-3-55(47-85)4-20-63)64-21-5-56(48-86)6-22-64)35-39-75(79)76-40-36-72(44-80(76)83)94(65-23-7-57(49-87)8-24-65)66-25-9-58(50-88)10-26-66)84(2)81-45-73(95(67-27-11-59(51-89)12-28-67)68-29-13-60(52-90)14-30-68)37-41-77(81)78-42-38-74(46-82(78)84)96(69-31-15-61(53-91)16-32-69)70-33-17-62(54-92)18-34-70/h3-46H,1-2H3. The molecule has 0 fully saturated rings. The maximum Gasteiger partial charge on any atom is 0.0991 e. The van der Waals surface area contributed by atoms with Gasteiger partial charge in [0.15, 0.2) is 0 Å². The number of fused-ring (bicyclic) bond motifs is 6. The Morgan fingerprint density at radius 2 is 0.312 bits per heavy atom. The van der Waals surface area contributed by atoms with E-state index < -0.39 is 10.8 Å². The number of rotatable bonds is 13. The van der Waals surface area contributed by atoms with E-state index in [0.717, 1.165) is 113 Å². The molecular formula is C84H50N12. The molecule has 12 aromatic rings. The number of benzene rings is 12. The molecule has 0 amide bonds. The van der Waals surface area contributed by atoms with Crippen molar-refractivity contribution in [1.29, 1.82) is 42.1 Å². The lowest BCUT2D eigenvalue weighted by atomic mass is 9.56. The Hall–Kier alpha value is -14.2. The largest absolute Gasteiger partial charge is 0.310 e. The summed E-state index contributed by atoms with van der Waals surface area (Å²) in [6, 6.07) is 104. The van der Waals surface area contributed by atoms with Crippen LogP contribution >= 0.6 is 0 Å². The maximum atomic E-state index is 10.0. The van der Waals surface area contributed by atoms with Gasteiger partial charge in [-0.3, -0.25) is 0 Å². The van der Waals surface area contributed by atoms with Gasteiger partial charge in [0.2, 0.25) is 0 Å². The molecule has 0 saturated heterocycles. The molecule has 12 nitrogen and oxygen atoms in total. The van der Waals surface area contributed by atoms with Crippen LogP contribution in [0, 0.1) is 90.6 Å². The molecule has 0 aromatic heterocycles. The van der Waals surface area contributed by atoms with Crippen LogP contribution in [0.1, 0.15) is 80.6 Å². The lowest BCUT2D eigenvalue weighted by molar-refractivity contribution is 0.376. The first-order valence-electron chi connectivity index (χ1n) is 30.7. The van der Waals surface area contributed by atoms with Crippen LogP contribution < -0.4 is 19.6 Å². The third kappa shape index (κ3) is 9.97. The molecule has 0 N–H and O–H groups in total. The van der Waals surface area contributed by atoms with Gasteiger partial charge in [0, 0.05) is 79.1 Å². The topological polar surface area (TPSA) is 203 Å². The van der Waals surface area contributed by atoms with Crippen LogP contribution in [-0.4, -0.2) is 0 Å². The molecule has 2 aliphatic carbocycles. The van der Waals surface area contributed by atoms with Crippen LogP contribution in [0.15, 0.2) is 267 Å². The first-order valence-corrected chi connectivity index (χ1v) is 30.7. The predicted octanol–water partition coefficient (Wildman–Crippen LogP) is 19.8. The fourth-order valence-corrected chi connectivity index (χ4v) is 13.9. The second-order valence-corrected chi connectivity index (χ2v) is 23.8. The molecule has 12 aromatic carbocycles. The second-order valence-electron chi connectivity index (χ2n) is 23.8. The van der Waals surface area contributed by atoms with Gasteiger partial charge in [-0.05, 0) is 287 Å². The van der Waals surface area contributed by atoms with Crippen molar-refractivity contribution >= 4 is 68.2 Å². The molecule has 96 heavy (non-hydrogen) atoms. The number of anilines is 12. The second kappa shape index (κ2) is 24.2. The van der Waals surface area contributed by atoms with Crippen LogP contribution in [0.4, 0.5) is 68.2 Å². The highest BCUT2D eigenvalue weighted by Gasteiger charge is 2.58. The molecule has 0 bridgehead atoms. The average Bonchev–Trinajstić information content (AvgIpc) is 1.50. The first kappa shape index (κ1) is 59.4. The van der Waals surface area contributed by atoms with Gasteiger partial charge in [0.1, 0.15) is 0 Å². The van der Waals surface area contributed by atoms with Crippen LogP contribution in [-0.2, 0) is 10.8 Å². The van der Waals surface area contributed by atoms with Crippen molar-refractivity contribution in [2.45, 2.75) is 24.7 Å². The molecule has 2 aliphatic rings. The molecule has 0 radical (unpaired) electrons. The maximum absolute atomic E-state index is 10.0. The Morgan fingerprint density at radius 1 is 0.188 bits per heavy atom. The lowest BCUT2D eigenvalue weighted by Crippen LogP contribution is -2.44. The third-order valence-electron chi connectivity index (χ3n) is 18.8. The highest BCUT2D eigenvalue weighted by atomic mass is 15.2. The van der Waals surface area contributed by atoms with Crippen molar-refractivity contribution in [3.8, 4) is 70.8 Å². The molecule has 12 heteroatoms. The van der Waals surface area contributed by atoms with Crippen molar-refractivity contribution in [2.75, 3.05) is 19.6 Å². The normalized spacial score (nSPS) is 12.1. The van der Waals surface area contributed by atoms with Gasteiger partial charge >= 0.3 is 0 Å². The van der Waals surface area contributed by atoms with Gasteiger partial charge in [-0.25, -0.2) is 0 Å². The van der Waals surface area contributed by atoms with E-state index in [9.17, 15) is 42.1 Å². The van der Waals surface area contributed by atoms with Crippen LogP contribution in [0.2, 0.25) is 0 Å². The van der Waals surface area contributed by atoms with Gasteiger partial charge in [0.25, 0.3) is 0 Å². The number of nitriles is 8. The van der Waals surface area contributed by atoms with Crippen molar-refractivity contribution < 1.29 is 0 Å². The molecule has 0 atom stereocenters. The van der Waals surface area contributed by atoms with E-state index in [2.05, 4.69) is 155 Å². The smallest absolute Gasteiger partial charge is 0.0991 e. The number of hydrogen-bond donors (Lipinski definition) is 0. The van der Waals surface area contributed by atoms with Crippen molar-refractivity contribution in [1.82, 2.24) is 0 Å². The SMILES string of the molecule is CC1(C2(C)c3cc(N(c4ccc(C#N)cc4)c4ccc(C#N)cc4)ccc3-c3ccc(N(c4ccc(C#N)cc4)c4ccc(C#N)cc4)cc32)c2cc(N(c3ccc(C#N)cc3)c3ccc(C#N)cc3)ccc2-c2ccc(N(c3ccc(C#N)cc3)c3ccc(C#N)cc3)cc21. The van der Waals surface area contributed by atoms with Crippen LogP contribution in [0.5, 0.6) is 0 Å².